The van der Waals surface area contributed by atoms with E-state index < -0.39 is 0 Å². The predicted octanol–water partition coefficient (Wildman–Crippen LogP) is 4.22. The van der Waals surface area contributed by atoms with Crippen LogP contribution in [0.4, 0.5) is 22.1 Å². The van der Waals surface area contributed by atoms with Crippen LogP contribution in [0, 0.1) is 13.8 Å². The molecule has 0 saturated carbocycles. The smallest absolute Gasteiger partial charge is 0.322 e. The number of piperazine rings is 1. The van der Waals surface area contributed by atoms with E-state index in [1.807, 2.05) is 26.0 Å². The number of H-pyrrole nitrogens is 1. The highest BCUT2D eigenvalue weighted by molar-refractivity contribution is 6.39. The van der Waals surface area contributed by atoms with E-state index in [1.165, 1.54) is 0 Å². The molecule has 32 heavy (non-hydrogen) atoms. The lowest BCUT2D eigenvalue weighted by molar-refractivity contribution is 0.142. The molecule has 1 aliphatic heterocycles. The van der Waals surface area contributed by atoms with Gasteiger partial charge in [0.05, 0.1) is 21.4 Å². The fourth-order valence-corrected chi connectivity index (χ4v) is 4.02. The Morgan fingerprint density at radius 2 is 1.78 bits per heavy atom. The number of nitrogens with one attached hydrogen (secondary N) is 3. The van der Waals surface area contributed by atoms with Crippen molar-refractivity contribution < 1.29 is 4.79 Å². The summed E-state index contributed by atoms with van der Waals surface area (Å²) in [6, 6.07) is 8.76. The first kappa shape index (κ1) is 22.3. The molecule has 4 rings (SSSR count). The van der Waals surface area contributed by atoms with E-state index in [9.17, 15) is 4.79 Å². The predicted molar refractivity (Wildman–Crippen MR) is 126 cm³/mol. The standard InChI is InChI=1S/C21H24Cl2N8O/c1-13-10-19(29-28-13)26-18-11-15(24-14(2)25-18)12-30-6-8-31(9-7-30)21(32)27-20-16(22)4-3-5-17(20)23/h3-5,10-11H,6-9,12H2,1-2H3,(H,27,32)(H2,24,25,26,28,29). The van der Waals surface area contributed by atoms with Gasteiger partial charge in [-0.05, 0) is 26.0 Å². The SMILES string of the molecule is Cc1nc(CN2CCN(C(=O)Nc3c(Cl)cccc3Cl)CC2)cc(Nc2cc(C)[nH]n2)n1. The maximum Gasteiger partial charge on any atom is 0.322 e. The van der Waals surface area contributed by atoms with Gasteiger partial charge in [-0.25, -0.2) is 14.8 Å². The molecule has 1 saturated heterocycles. The van der Waals surface area contributed by atoms with Gasteiger partial charge in [-0.1, -0.05) is 29.3 Å². The molecule has 3 heterocycles. The number of anilines is 3. The van der Waals surface area contributed by atoms with Crippen LogP contribution in [0.3, 0.4) is 0 Å². The number of carbonyl (C=O) groups excluding carboxylic acids is 1. The number of carbonyl (C=O) groups is 1. The number of aryl methyl sites for hydroxylation is 2. The molecule has 11 heteroatoms. The number of hydrogen-bond acceptors (Lipinski definition) is 6. The van der Waals surface area contributed by atoms with Crippen LogP contribution in [0.5, 0.6) is 0 Å². The zero-order valence-electron chi connectivity index (χ0n) is 17.8. The number of para-hydroxylation sites is 1. The zero-order chi connectivity index (χ0) is 22.7. The van der Waals surface area contributed by atoms with E-state index in [0.29, 0.717) is 52.8 Å². The summed E-state index contributed by atoms with van der Waals surface area (Å²) in [5.41, 5.74) is 2.32. The van der Waals surface area contributed by atoms with Crippen molar-refractivity contribution in [2.24, 2.45) is 0 Å². The number of halogens is 2. The van der Waals surface area contributed by atoms with Crippen LogP contribution in [-0.4, -0.2) is 62.2 Å². The van der Waals surface area contributed by atoms with Gasteiger partial charge in [-0.2, -0.15) is 5.10 Å². The molecular formula is C21H24Cl2N8O. The van der Waals surface area contributed by atoms with Crippen molar-refractivity contribution in [3.05, 3.63) is 57.6 Å². The molecule has 1 fully saturated rings. The zero-order valence-corrected chi connectivity index (χ0v) is 19.3. The average Bonchev–Trinajstić information content (AvgIpc) is 3.15. The minimum absolute atomic E-state index is 0.210. The van der Waals surface area contributed by atoms with Crippen LogP contribution < -0.4 is 10.6 Å². The van der Waals surface area contributed by atoms with Gasteiger partial charge in [0, 0.05) is 50.6 Å². The number of hydrogen-bond donors (Lipinski definition) is 3. The Kier molecular flexibility index (Phi) is 6.78. The Morgan fingerprint density at radius 1 is 1.06 bits per heavy atom. The van der Waals surface area contributed by atoms with Crippen LogP contribution in [0.2, 0.25) is 10.0 Å². The molecular weight excluding hydrogens is 451 g/mol. The largest absolute Gasteiger partial charge is 0.323 e. The van der Waals surface area contributed by atoms with Crippen molar-refractivity contribution in [1.82, 2.24) is 30.0 Å². The van der Waals surface area contributed by atoms with E-state index >= 15 is 0 Å². The highest BCUT2D eigenvalue weighted by atomic mass is 35.5. The summed E-state index contributed by atoms with van der Waals surface area (Å²) in [5, 5.41) is 13.9. The van der Waals surface area contributed by atoms with E-state index in [4.69, 9.17) is 23.2 Å². The van der Waals surface area contributed by atoms with E-state index in [0.717, 1.165) is 24.5 Å². The quantitative estimate of drug-likeness (QED) is 0.511. The molecule has 0 spiro atoms. The summed E-state index contributed by atoms with van der Waals surface area (Å²) < 4.78 is 0. The first-order valence-electron chi connectivity index (χ1n) is 10.2. The molecule has 9 nitrogen and oxygen atoms in total. The van der Waals surface area contributed by atoms with Crippen molar-refractivity contribution in [3.63, 3.8) is 0 Å². The lowest BCUT2D eigenvalue weighted by Gasteiger charge is -2.34. The fourth-order valence-electron chi connectivity index (χ4n) is 3.53. The Balaban J connectivity index is 1.33. The second-order valence-electron chi connectivity index (χ2n) is 7.64. The average molecular weight is 475 g/mol. The number of rotatable bonds is 5. The van der Waals surface area contributed by atoms with Gasteiger partial charge >= 0.3 is 6.03 Å². The summed E-state index contributed by atoms with van der Waals surface area (Å²) in [6.07, 6.45) is 0. The van der Waals surface area contributed by atoms with E-state index in [-0.39, 0.29) is 6.03 Å². The van der Waals surface area contributed by atoms with Gasteiger partial charge in [-0.3, -0.25) is 10.00 Å². The summed E-state index contributed by atoms with van der Waals surface area (Å²) in [4.78, 5) is 25.7. The number of benzene rings is 1. The molecule has 1 aromatic carbocycles. The first-order chi connectivity index (χ1) is 15.4. The first-order valence-corrected chi connectivity index (χ1v) is 11.0. The Bertz CT molecular complexity index is 1090. The minimum atomic E-state index is -0.210. The number of amides is 2. The summed E-state index contributed by atoms with van der Waals surface area (Å²) in [6.45, 7) is 7.13. The molecule has 0 radical (unpaired) electrons. The second kappa shape index (κ2) is 9.72. The highest BCUT2D eigenvalue weighted by Crippen LogP contribution is 2.30. The highest BCUT2D eigenvalue weighted by Gasteiger charge is 2.23. The van der Waals surface area contributed by atoms with E-state index in [1.54, 1.807) is 23.1 Å². The monoisotopic (exact) mass is 474 g/mol. The van der Waals surface area contributed by atoms with Crippen molar-refractivity contribution in [3.8, 4) is 0 Å². The molecule has 0 aliphatic carbocycles. The molecule has 3 N–H and O–H groups in total. The second-order valence-corrected chi connectivity index (χ2v) is 8.46. The van der Waals surface area contributed by atoms with Crippen molar-refractivity contribution >= 4 is 46.6 Å². The molecule has 2 amide bonds. The van der Waals surface area contributed by atoms with Gasteiger partial charge in [0.25, 0.3) is 0 Å². The van der Waals surface area contributed by atoms with Gasteiger partial charge in [-0.15, -0.1) is 0 Å². The van der Waals surface area contributed by atoms with E-state index in [2.05, 4.69) is 35.7 Å². The molecule has 1 aliphatic rings. The van der Waals surface area contributed by atoms with Crippen LogP contribution in [0.1, 0.15) is 17.2 Å². The summed E-state index contributed by atoms with van der Waals surface area (Å²) in [7, 11) is 0. The lowest BCUT2D eigenvalue weighted by atomic mass is 10.2. The van der Waals surface area contributed by atoms with Crippen molar-refractivity contribution in [2.75, 3.05) is 36.8 Å². The third-order valence-electron chi connectivity index (χ3n) is 5.09. The van der Waals surface area contributed by atoms with Crippen molar-refractivity contribution in [2.45, 2.75) is 20.4 Å². The Hall–Kier alpha value is -2.88. The van der Waals surface area contributed by atoms with Crippen LogP contribution >= 0.6 is 23.2 Å². The third kappa shape index (κ3) is 5.48. The number of aromatic amines is 1. The maximum absolute atomic E-state index is 12.6. The number of nitrogens with zero attached hydrogens (tertiary/aromatic N) is 5. The Morgan fingerprint density at radius 3 is 2.44 bits per heavy atom. The van der Waals surface area contributed by atoms with Crippen LogP contribution in [0.15, 0.2) is 30.3 Å². The molecule has 168 valence electrons. The molecule has 3 aromatic rings. The van der Waals surface area contributed by atoms with Gasteiger partial charge in [0.2, 0.25) is 0 Å². The fraction of sp³-hybridized carbons (Fsp3) is 0.333. The van der Waals surface area contributed by atoms with Crippen molar-refractivity contribution in [1.29, 1.82) is 0 Å². The lowest BCUT2D eigenvalue weighted by Crippen LogP contribution is -2.49. The number of aromatic nitrogens is 4. The Labute approximate surface area is 196 Å². The molecule has 0 atom stereocenters. The van der Waals surface area contributed by atoms with Gasteiger partial charge in [0.1, 0.15) is 11.6 Å². The number of urea groups is 1. The molecule has 2 aromatic heterocycles. The third-order valence-corrected chi connectivity index (χ3v) is 5.72. The summed E-state index contributed by atoms with van der Waals surface area (Å²) >= 11 is 12.3. The van der Waals surface area contributed by atoms with Crippen LogP contribution in [0.25, 0.3) is 0 Å². The maximum atomic E-state index is 12.6. The topological polar surface area (TPSA) is 102 Å². The minimum Gasteiger partial charge on any atom is -0.323 e. The van der Waals surface area contributed by atoms with Crippen LogP contribution in [-0.2, 0) is 6.54 Å². The van der Waals surface area contributed by atoms with Gasteiger partial charge in [0.15, 0.2) is 5.82 Å². The molecule has 0 unspecified atom stereocenters. The molecule has 0 bridgehead atoms. The normalized spacial score (nSPS) is 14.4. The summed E-state index contributed by atoms with van der Waals surface area (Å²) in [5.74, 6) is 2.10. The van der Waals surface area contributed by atoms with Gasteiger partial charge < -0.3 is 15.5 Å².